The van der Waals surface area contributed by atoms with Crippen LogP contribution in [0.1, 0.15) is 44.7 Å². The zero-order valence-electron chi connectivity index (χ0n) is 11.8. The van der Waals surface area contributed by atoms with E-state index >= 15 is 0 Å². The highest BCUT2D eigenvalue weighted by molar-refractivity contribution is 5.50. The molecular formula is C15H21N3O. The Labute approximate surface area is 113 Å². The van der Waals surface area contributed by atoms with Crippen molar-refractivity contribution in [3.05, 3.63) is 29.7 Å². The molecule has 1 aliphatic rings. The number of hydrogen-bond acceptors (Lipinski definition) is 3. The molecule has 2 atom stereocenters. The Morgan fingerprint density at radius 1 is 1.32 bits per heavy atom. The van der Waals surface area contributed by atoms with Gasteiger partial charge in [0.05, 0.1) is 12.3 Å². The summed E-state index contributed by atoms with van der Waals surface area (Å²) in [6.07, 6.45) is 8.71. The molecule has 0 saturated heterocycles. The molecule has 19 heavy (non-hydrogen) atoms. The van der Waals surface area contributed by atoms with E-state index in [4.69, 9.17) is 0 Å². The molecule has 102 valence electrons. The van der Waals surface area contributed by atoms with Gasteiger partial charge in [0.15, 0.2) is 5.65 Å². The molecule has 2 heterocycles. The molecule has 3 rings (SSSR count). The molecule has 0 amide bonds. The summed E-state index contributed by atoms with van der Waals surface area (Å²) < 4.78 is 1.86. The first-order valence-corrected chi connectivity index (χ1v) is 6.96. The van der Waals surface area contributed by atoms with E-state index in [0.29, 0.717) is 5.92 Å². The first-order valence-electron chi connectivity index (χ1n) is 6.96. The molecule has 1 aliphatic carbocycles. The van der Waals surface area contributed by atoms with Gasteiger partial charge < -0.3 is 5.11 Å². The number of aliphatic hydroxyl groups excluding tert-OH is 1. The summed E-state index contributed by atoms with van der Waals surface area (Å²) in [6, 6.07) is 0. The molecule has 0 radical (unpaired) electrons. The zero-order valence-corrected chi connectivity index (χ0v) is 11.8. The van der Waals surface area contributed by atoms with Crippen LogP contribution in [0.4, 0.5) is 0 Å². The molecule has 1 fully saturated rings. The van der Waals surface area contributed by atoms with Gasteiger partial charge >= 0.3 is 0 Å². The Kier molecular flexibility index (Phi) is 2.86. The second-order valence-electron chi connectivity index (χ2n) is 6.65. The lowest BCUT2D eigenvalue weighted by Gasteiger charge is -2.32. The number of nitrogens with zero attached hydrogens (tertiary/aromatic N) is 3. The first-order chi connectivity index (χ1) is 8.95. The predicted octanol–water partition coefficient (Wildman–Crippen LogP) is 2.34. The van der Waals surface area contributed by atoms with Crippen LogP contribution in [0.2, 0.25) is 0 Å². The van der Waals surface area contributed by atoms with Crippen LogP contribution in [0, 0.1) is 5.92 Å². The number of fused-ring (bicyclic) bond motifs is 1. The van der Waals surface area contributed by atoms with Crippen molar-refractivity contribution in [3.8, 4) is 0 Å². The van der Waals surface area contributed by atoms with Crippen LogP contribution in [-0.2, 0) is 11.8 Å². The normalized spacial score (nSPS) is 23.6. The summed E-state index contributed by atoms with van der Waals surface area (Å²) in [5.74, 6) is 0.400. The standard InChI is InChI=1S/C15H21N3O/c1-15(2,3)12-8-17-18-9-10(7-16-14(12)18)6-11-4-5-13(11)19/h7-9,11,13,19H,4-6H2,1-3H3. The fraction of sp³-hybridized carbons (Fsp3) is 0.600. The lowest BCUT2D eigenvalue weighted by molar-refractivity contribution is 0.0243. The zero-order chi connectivity index (χ0) is 13.6. The Balaban J connectivity index is 1.90. The highest BCUT2D eigenvalue weighted by Crippen LogP contribution is 2.31. The van der Waals surface area contributed by atoms with Gasteiger partial charge in [-0.25, -0.2) is 9.50 Å². The Morgan fingerprint density at radius 3 is 2.68 bits per heavy atom. The molecule has 0 spiro atoms. The molecule has 1 saturated carbocycles. The van der Waals surface area contributed by atoms with Crippen LogP contribution < -0.4 is 0 Å². The summed E-state index contributed by atoms with van der Waals surface area (Å²) in [5, 5.41) is 14.1. The maximum atomic E-state index is 9.65. The molecule has 2 unspecified atom stereocenters. The van der Waals surface area contributed by atoms with Gasteiger partial charge in [-0.15, -0.1) is 0 Å². The summed E-state index contributed by atoms with van der Waals surface area (Å²) in [4.78, 5) is 4.56. The van der Waals surface area contributed by atoms with Gasteiger partial charge in [0.25, 0.3) is 0 Å². The lowest BCUT2D eigenvalue weighted by Crippen LogP contribution is -2.32. The molecular weight excluding hydrogens is 238 g/mol. The van der Waals surface area contributed by atoms with Gasteiger partial charge in [-0.1, -0.05) is 20.8 Å². The van der Waals surface area contributed by atoms with E-state index < -0.39 is 0 Å². The second-order valence-corrected chi connectivity index (χ2v) is 6.65. The van der Waals surface area contributed by atoms with Crippen molar-refractivity contribution in [2.45, 2.75) is 51.6 Å². The van der Waals surface area contributed by atoms with E-state index in [2.05, 4.69) is 30.9 Å². The topological polar surface area (TPSA) is 50.4 Å². The highest BCUT2D eigenvalue weighted by atomic mass is 16.3. The van der Waals surface area contributed by atoms with Crippen molar-refractivity contribution in [3.63, 3.8) is 0 Å². The van der Waals surface area contributed by atoms with Crippen LogP contribution in [-0.4, -0.2) is 25.8 Å². The molecule has 2 aromatic heterocycles. The largest absolute Gasteiger partial charge is 0.393 e. The molecule has 2 aromatic rings. The maximum absolute atomic E-state index is 9.65. The van der Waals surface area contributed by atoms with Crippen LogP contribution in [0.15, 0.2) is 18.6 Å². The van der Waals surface area contributed by atoms with Crippen molar-refractivity contribution in [2.75, 3.05) is 0 Å². The third-order valence-corrected chi connectivity index (χ3v) is 4.09. The lowest BCUT2D eigenvalue weighted by atomic mass is 9.78. The van der Waals surface area contributed by atoms with Gasteiger partial charge in [0.1, 0.15) is 0 Å². The van der Waals surface area contributed by atoms with Crippen molar-refractivity contribution >= 4 is 5.65 Å². The van der Waals surface area contributed by atoms with E-state index in [9.17, 15) is 5.11 Å². The van der Waals surface area contributed by atoms with E-state index in [0.717, 1.165) is 30.5 Å². The first kappa shape index (κ1) is 12.6. The molecule has 0 aromatic carbocycles. The monoisotopic (exact) mass is 259 g/mol. The Hall–Kier alpha value is -1.42. The third-order valence-electron chi connectivity index (χ3n) is 4.09. The number of aliphatic hydroxyl groups is 1. The van der Waals surface area contributed by atoms with Gasteiger partial charge in [-0.05, 0) is 36.2 Å². The quantitative estimate of drug-likeness (QED) is 0.900. The van der Waals surface area contributed by atoms with Crippen molar-refractivity contribution < 1.29 is 5.11 Å². The van der Waals surface area contributed by atoms with E-state index in [1.165, 1.54) is 5.56 Å². The predicted molar refractivity (Wildman–Crippen MR) is 74.1 cm³/mol. The van der Waals surface area contributed by atoms with Gasteiger partial charge in [0, 0.05) is 18.0 Å². The molecule has 4 heteroatoms. The number of aromatic nitrogens is 3. The fourth-order valence-electron chi connectivity index (χ4n) is 2.64. The molecule has 0 bridgehead atoms. The molecule has 4 nitrogen and oxygen atoms in total. The van der Waals surface area contributed by atoms with Gasteiger partial charge in [-0.3, -0.25) is 0 Å². The maximum Gasteiger partial charge on any atom is 0.158 e. The van der Waals surface area contributed by atoms with E-state index in [1.807, 2.05) is 23.1 Å². The minimum absolute atomic E-state index is 0.0560. The summed E-state index contributed by atoms with van der Waals surface area (Å²) >= 11 is 0. The molecule has 0 aliphatic heterocycles. The fourth-order valence-corrected chi connectivity index (χ4v) is 2.64. The van der Waals surface area contributed by atoms with Gasteiger partial charge in [0.2, 0.25) is 0 Å². The number of rotatable bonds is 2. The van der Waals surface area contributed by atoms with E-state index in [-0.39, 0.29) is 11.5 Å². The van der Waals surface area contributed by atoms with Crippen LogP contribution in [0.5, 0.6) is 0 Å². The van der Waals surface area contributed by atoms with Crippen molar-refractivity contribution in [2.24, 2.45) is 5.92 Å². The number of hydrogen-bond donors (Lipinski definition) is 1. The van der Waals surface area contributed by atoms with Gasteiger partial charge in [-0.2, -0.15) is 5.10 Å². The average molecular weight is 259 g/mol. The Morgan fingerprint density at radius 2 is 2.11 bits per heavy atom. The minimum Gasteiger partial charge on any atom is -0.393 e. The second kappa shape index (κ2) is 4.30. The average Bonchev–Trinajstić information content (AvgIpc) is 2.77. The van der Waals surface area contributed by atoms with Crippen LogP contribution in [0.25, 0.3) is 5.65 Å². The van der Waals surface area contributed by atoms with Crippen molar-refractivity contribution in [1.29, 1.82) is 0 Å². The Bertz CT molecular complexity index is 597. The SMILES string of the molecule is CC(C)(C)c1cnn2cc(CC3CCC3O)cnc12. The van der Waals surface area contributed by atoms with Crippen LogP contribution in [0.3, 0.4) is 0 Å². The minimum atomic E-state index is -0.126. The summed E-state index contributed by atoms with van der Waals surface area (Å²) in [5.41, 5.74) is 3.31. The highest BCUT2D eigenvalue weighted by Gasteiger charge is 2.29. The van der Waals surface area contributed by atoms with Crippen LogP contribution >= 0.6 is 0 Å². The third kappa shape index (κ3) is 2.25. The smallest absolute Gasteiger partial charge is 0.158 e. The summed E-state index contributed by atoms with van der Waals surface area (Å²) in [7, 11) is 0. The molecule has 1 N–H and O–H groups in total. The van der Waals surface area contributed by atoms with Crippen molar-refractivity contribution in [1.82, 2.24) is 14.6 Å². The van der Waals surface area contributed by atoms with E-state index in [1.54, 1.807) is 0 Å². The summed E-state index contributed by atoms with van der Waals surface area (Å²) in [6.45, 7) is 6.51.